The van der Waals surface area contributed by atoms with Gasteiger partial charge in [0, 0.05) is 5.69 Å². The molecule has 6 heteroatoms. The zero-order valence-electron chi connectivity index (χ0n) is 14.0. The van der Waals surface area contributed by atoms with E-state index in [1.165, 1.54) is 18.2 Å². The van der Waals surface area contributed by atoms with E-state index >= 15 is 0 Å². The number of nitrogens with zero attached hydrogens (tertiary/aromatic N) is 1. The van der Waals surface area contributed by atoms with Crippen molar-refractivity contribution in [2.75, 3.05) is 5.32 Å². The lowest BCUT2D eigenvalue weighted by molar-refractivity contribution is -0.136. The fraction of sp³-hybridized carbons (Fsp3) is 0.0500. The van der Waals surface area contributed by atoms with Gasteiger partial charge in [-0.05, 0) is 47.5 Å². The Morgan fingerprint density at radius 2 is 1.65 bits per heavy atom. The maximum atomic E-state index is 13.1. The second-order valence-corrected chi connectivity index (χ2v) is 5.66. The molecule has 0 fully saturated rings. The monoisotopic (exact) mass is 349 g/mol. The lowest BCUT2D eigenvalue weighted by atomic mass is 10.0. The van der Waals surface area contributed by atoms with Crippen LogP contribution in [0, 0.1) is 5.82 Å². The molecule has 0 radical (unpaired) electrons. The molecule has 130 valence electrons. The summed E-state index contributed by atoms with van der Waals surface area (Å²) in [5.74, 6) is -2.37. The topological polar surface area (TPSA) is 70.6 Å². The Balaban J connectivity index is 1.67. The molecule has 0 aliphatic heterocycles. The SMILES string of the molecule is CC(=NNC(=O)C(=O)Nc1cccc(F)c1)c1ccc2ccccc2c1. The normalized spacial score (nSPS) is 11.2. The van der Waals surface area contributed by atoms with Gasteiger partial charge < -0.3 is 5.32 Å². The summed E-state index contributed by atoms with van der Waals surface area (Å²) in [6.45, 7) is 1.73. The smallest absolute Gasteiger partial charge is 0.318 e. The third kappa shape index (κ3) is 4.10. The molecule has 0 aliphatic rings. The van der Waals surface area contributed by atoms with E-state index in [-0.39, 0.29) is 5.69 Å². The Bertz CT molecular complexity index is 1010. The molecule has 0 atom stereocenters. The minimum atomic E-state index is -0.936. The van der Waals surface area contributed by atoms with Crippen LogP contribution in [0.3, 0.4) is 0 Å². The van der Waals surface area contributed by atoms with Crippen LogP contribution in [0.25, 0.3) is 10.8 Å². The minimum Gasteiger partial charge on any atom is -0.318 e. The van der Waals surface area contributed by atoms with Crippen LogP contribution in [0.5, 0.6) is 0 Å². The lowest BCUT2D eigenvalue weighted by Crippen LogP contribution is -2.32. The summed E-state index contributed by atoms with van der Waals surface area (Å²) in [6, 6.07) is 19.0. The van der Waals surface area contributed by atoms with Gasteiger partial charge in [-0.25, -0.2) is 9.82 Å². The predicted molar refractivity (Wildman–Crippen MR) is 99.3 cm³/mol. The van der Waals surface area contributed by atoms with Crippen molar-refractivity contribution in [3.63, 3.8) is 0 Å². The number of fused-ring (bicyclic) bond motifs is 1. The third-order valence-electron chi connectivity index (χ3n) is 3.78. The Morgan fingerprint density at radius 1 is 0.885 bits per heavy atom. The number of hydrogen-bond acceptors (Lipinski definition) is 3. The highest BCUT2D eigenvalue weighted by atomic mass is 19.1. The molecule has 5 nitrogen and oxygen atoms in total. The fourth-order valence-electron chi connectivity index (χ4n) is 2.42. The van der Waals surface area contributed by atoms with Crippen molar-refractivity contribution in [3.05, 3.63) is 78.1 Å². The number of carbonyl (C=O) groups is 2. The Morgan fingerprint density at radius 3 is 2.42 bits per heavy atom. The number of anilines is 1. The summed E-state index contributed by atoms with van der Waals surface area (Å²) in [7, 11) is 0. The minimum absolute atomic E-state index is 0.195. The van der Waals surface area contributed by atoms with Gasteiger partial charge in [0.1, 0.15) is 5.82 Å². The predicted octanol–water partition coefficient (Wildman–Crippen LogP) is 3.46. The molecule has 0 saturated heterocycles. The van der Waals surface area contributed by atoms with E-state index in [1.54, 1.807) is 6.92 Å². The summed E-state index contributed by atoms with van der Waals surface area (Å²) in [5.41, 5.74) is 3.79. The van der Waals surface area contributed by atoms with Crippen LogP contribution in [-0.4, -0.2) is 17.5 Å². The summed E-state index contributed by atoms with van der Waals surface area (Å²) in [5, 5.41) is 8.42. The second-order valence-electron chi connectivity index (χ2n) is 5.66. The molecule has 0 heterocycles. The highest BCUT2D eigenvalue weighted by molar-refractivity contribution is 6.39. The lowest BCUT2D eigenvalue weighted by Gasteiger charge is -2.06. The highest BCUT2D eigenvalue weighted by Gasteiger charge is 2.13. The van der Waals surface area contributed by atoms with Crippen LogP contribution in [-0.2, 0) is 9.59 Å². The number of rotatable bonds is 3. The van der Waals surface area contributed by atoms with Crippen molar-refractivity contribution in [2.24, 2.45) is 5.10 Å². The first-order valence-corrected chi connectivity index (χ1v) is 7.93. The maximum absolute atomic E-state index is 13.1. The van der Waals surface area contributed by atoms with E-state index in [9.17, 15) is 14.0 Å². The first-order chi connectivity index (χ1) is 12.5. The van der Waals surface area contributed by atoms with Gasteiger partial charge in [0.05, 0.1) is 5.71 Å². The summed E-state index contributed by atoms with van der Waals surface area (Å²) >= 11 is 0. The van der Waals surface area contributed by atoms with Crippen LogP contribution in [0.2, 0.25) is 0 Å². The van der Waals surface area contributed by atoms with Crippen molar-refractivity contribution < 1.29 is 14.0 Å². The van der Waals surface area contributed by atoms with E-state index in [4.69, 9.17) is 0 Å². The Labute approximate surface area is 149 Å². The average Bonchev–Trinajstić information content (AvgIpc) is 2.65. The third-order valence-corrected chi connectivity index (χ3v) is 3.78. The fourth-order valence-corrected chi connectivity index (χ4v) is 2.42. The molecule has 3 aromatic carbocycles. The van der Waals surface area contributed by atoms with Crippen molar-refractivity contribution in [1.29, 1.82) is 0 Å². The summed E-state index contributed by atoms with van der Waals surface area (Å²) in [4.78, 5) is 23.7. The van der Waals surface area contributed by atoms with Gasteiger partial charge in [-0.3, -0.25) is 9.59 Å². The molecular weight excluding hydrogens is 333 g/mol. The molecule has 0 aliphatic carbocycles. The van der Waals surface area contributed by atoms with Crippen LogP contribution >= 0.6 is 0 Å². The highest BCUT2D eigenvalue weighted by Crippen LogP contribution is 2.16. The first-order valence-electron chi connectivity index (χ1n) is 7.93. The van der Waals surface area contributed by atoms with E-state index in [0.717, 1.165) is 22.4 Å². The van der Waals surface area contributed by atoms with Gasteiger partial charge in [0.15, 0.2) is 0 Å². The van der Waals surface area contributed by atoms with Gasteiger partial charge >= 0.3 is 11.8 Å². The molecular formula is C20H16FN3O2. The molecule has 0 bridgehead atoms. The number of amides is 2. The van der Waals surface area contributed by atoms with E-state index in [1.807, 2.05) is 42.5 Å². The van der Waals surface area contributed by atoms with Gasteiger partial charge in [-0.2, -0.15) is 5.10 Å². The van der Waals surface area contributed by atoms with Gasteiger partial charge in [-0.15, -0.1) is 0 Å². The molecule has 3 aromatic rings. The number of benzene rings is 3. The van der Waals surface area contributed by atoms with Gasteiger partial charge in [0.25, 0.3) is 0 Å². The van der Waals surface area contributed by atoms with E-state index < -0.39 is 17.6 Å². The number of hydrogen-bond donors (Lipinski definition) is 2. The Kier molecular flexibility index (Phi) is 5.03. The molecule has 0 aromatic heterocycles. The molecule has 0 unspecified atom stereocenters. The molecule has 0 saturated carbocycles. The molecule has 26 heavy (non-hydrogen) atoms. The van der Waals surface area contributed by atoms with Crippen LogP contribution < -0.4 is 10.7 Å². The van der Waals surface area contributed by atoms with E-state index in [2.05, 4.69) is 15.8 Å². The van der Waals surface area contributed by atoms with Gasteiger partial charge in [0.2, 0.25) is 0 Å². The van der Waals surface area contributed by atoms with Crippen molar-refractivity contribution >= 4 is 34.0 Å². The van der Waals surface area contributed by atoms with Crippen LogP contribution in [0.1, 0.15) is 12.5 Å². The quantitative estimate of drug-likeness (QED) is 0.432. The largest absolute Gasteiger partial charge is 0.329 e. The van der Waals surface area contributed by atoms with E-state index in [0.29, 0.717) is 5.71 Å². The van der Waals surface area contributed by atoms with Crippen LogP contribution in [0.4, 0.5) is 10.1 Å². The van der Waals surface area contributed by atoms with Crippen molar-refractivity contribution in [3.8, 4) is 0 Å². The standard InChI is InChI=1S/C20H16FN3O2/c1-13(15-10-9-14-5-2-3-6-16(14)11-15)23-24-20(26)19(25)22-18-8-4-7-17(21)12-18/h2-12H,1H3,(H,22,25)(H,24,26). The number of carbonyl (C=O) groups excluding carboxylic acids is 2. The molecule has 3 rings (SSSR count). The zero-order valence-corrected chi connectivity index (χ0v) is 14.0. The van der Waals surface area contributed by atoms with Gasteiger partial charge in [-0.1, -0.05) is 42.5 Å². The molecule has 0 spiro atoms. The zero-order chi connectivity index (χ0) is 18.5. The van der Waals surface area contributed by atoms with Crippen molar-refractivity contribution in [2.45, 2.75) is 6.92 Å². The molecule has 2 N–H and O–H groups in total. The van der Waals surface area contributed by atoms with Crippen LogP contribution in [0.15, 0.2) is 71.8 Å². The number of hydrazone groups is 1. The number of nitrogens with one attached hydrogen (secondary N) is 2. The molecule has 2 amide bonds. The Hall–Kier alpha value is -3.54. The summed E-state index contributed by atoms with van der Waals surface area (Å²) < 4.78 is 13.1. The summed E-state index contributed by atoms with van der Waals surface area (Å²) in [6.07, 6.45) is 0. The first kappa shape index (κ1) is 17.3. The average molecular weight is 349 g/mol. The maximum Gasteiger partial charge on any atom is 0.329 e. The second kappa shape index (κ2) is 7.57. The van der Waals surface area contributed by atoms with Crippen molar-refractivity contribution in [1.82, 2.24) is 5.43 Å². The number of halogens is 1.